The Bertz CT molecular complexity index is 880. The molecule has 0 aliphatic heterocycles. The van der Waals surface area contributed by atoms with Crippen molar-refractivity contribution < 1.29 is 9.53 Å². The van der Waals surface area contributed by atoms with Crippen LogP contribution in [0.2, 0.25) is 0 Å². The molecule has 2 aromatic carbocycles. The second-order valence-electron chi connectivity index (χ2n) is 5.30. The van der Waals surface area contributed by atoms with E-state index in [1.54, 1.807) is 31.4 Å². The number of halogens is 1. The van der Waals surface area contributed by atoms with Crippen molar-refractivity contribution >= 4 is 33.5 Å². The summed E-state index contributed by atoms with van der Waals surface area (Å²) in [7, 11) is 1.60. The largest absolute Gasteiger partial charge is 0.497 e. The number of carbonyl (C=O) groups is 1. The number of H-pyrrole nitrogens is 1. The number of nitrogens with one attached hydrogen (secondary N) is 1. The van der Waals surface area contributed by atoms with Gasteiger partial charge in [-0.25, -0.2) is 4.98 Å². The molecule has 3 aromatic rings. The fourth-order valence-corrected chi connectivity index (χ4v) is 3.55. The molecule has 0 spiro atoms. The van der Waals surface area contributed by atoms with Gasteiger partial charge in [0.05, 0.1) is 12.4 Å². The number of methoxy groups -OCH3 is 1. The van der Waals surface area contributed by atoms with Crippen LogP contribution in [0.5, 0.6) is 5.75 Å². The highest BCUT2D eigenvalue weighted by molar-refractivity contribution is 9.10. The third kappa shape index (κ3) is 4.11. The lowest BCUT2D eigenvalue weighted by Crippen LogP contribution is -2.13. The maximum absolute atomic E-state index is 12.5. The number of aromatic amines is 1. The van der Waals surface area contributed by atoms with Gasteiger partial charge in [0.1, 0.15) is 5.75 Å². The van der Waals surface area contributed by atoms with Crippen LogP contribution in [0.25, 0.3) is 11.4 Å². The van der Waals surface area contributed by atoms with E-state index in [4.69, 9.17) is 4.74 Å². The Morgan fingerprint density at radius 1 is 1.20 bits per heavy atom. The van der Waals surface area contributed by atoms with Crippen molar-refractivity contribution in [1.82, 2.24) is 15.2 Å². The predicted octanol–water partition coefficient (Wildman–Crippen LogP) is 4.61. The summed E-state index contributed by atoms with van der Waals surface area (Å²) in [4.78, 5) is 17.0. The van der Waals surface area contributed by atoms with Crippen LogP contribution in [0.3, 0.4) is 0 Å². The fraction of sp³-hybridized carbons (Fsp3) is 0.167. The fourth-order valence-electron chi connectivity index (χ4n) is 2.27. The molecule has 0 saturated carbocycles. The highest BCUT2D eigenvalue weighted by atomic mass is 79.9. The van der Waals surface area contributed by atoms with Crippen LogP contribution >= 0.6 is 27.7 Å². The van der Waals surface area contributed by atoms with Gasteiger partial charge in [-0.15, -0.1) is 5.10 Å². The first-order chi connectivity index (χ1) is 12.1. The third-order valence-corrected chi connectivity index (χ3v) is 5.27. The smallest absolute Gasteiger partial charge is 0.209 e. The van der Waals surface area contributed by atoms with E-state index in [9.17, 15) is 4.79 Å². The molecule has 0 radical (unpaired) electrons. The Kier molecular flexibility index (Phi) is 5.55. The van der Waals surface area contributed by atoms with Gasteiger partial charge < -0.3 is 4.74 Å². The molecule has 25 heavy (non-hydrogen) atoms. The maximum atomic E-state index is 12.5. The molecule has 0 saturated heterocycles. The summed E-state index contributed by atoms with van der Waals surface area (Å²) in [5, 5.41) is 7.38. The maximum Gasteiger partial charge on any atom is 0.209 e. The molecule has 0 fully saturated rings. The van der Waals surface area contributed by atoms with Gasteiger partial charge in [-0.1, -0.05) is 45.9 Å². The number of Topliss-reactive ketones (excluding diaryl/α,β-unsaturated/α-hetero) is 1. The molecule has 0 unspecified atom stereocenters. The quantitative estimate of drug-likeness (QED) is 0.468. The summed E-state index contributed by atoms with van der Waals surface area (Å²) < 4.78 is 6.05. The summed E-state index contributed by atoms with van der Waals surface area (Å²) in [5.74, 6) is 1.42. The summed E-state index contributed by atoms with van der Waals surface area (Å²) in [5.41, 5.74) is 1.57. The van der Waals surface area contributed by atoms with E-state index in [0.717, 1.165) is 15.8 Å². The second-order valence-corrected chi connectivity index (χ2v) is 7.46. The van der Waals surface area contributed by atoms with E-state index >= 15 is 0 Å². The minimum Gasteiger partial charge on any atom is -0.497 e. The Labute approximate surface area is 158 Å². The lowest BCUT2D eigenvalue weighted by Gasteiger charge is -2.08. The van der Waals surface area contributed by atoms with E-state index in [1.807, 2.05) is 31.2 Å². The number of aromatic nitrogens is 3. The minimum atomic E-state index is -0.295. The van der Waals surface area contributed by atoms with Crippen molar-refractivity contribution in [2.45, 2.75) is 17.3 Å². The van der Waals surface area contributed by atoms with Crippen molar-refractivity contribution in [3.63, 3.8) is 0 Å². The summed E-state index contributed by atoms with van der Waals surface area (Å²) >= 11 is 4.83. The predicted molar refractivity (Wildman–Crippen MR) is 102 cm³/mol. The van der Waals surface area contributed by atoms with Gasteiger partial charge in [0.15, 0.2) is 11.6 Å². The number of benzene rings is 2. The number of hydrogen-bond acceptors (Lipinski definition) is 5. The van der Waals surface area contributed by atoms with E-state index in [2.05, 4.69) is 31.1 Å². The lowest BCUT2D eigenvalue weighted by molar-refractivity contribution is 0.0994. The van der Waals surface area contributed by atoms with Crippen LogP contribution in [0.1, 0.15) is 17.3 Å². The summed E-state index contributed by atoms with van der Waals surface area (Å²) in [6, 6.07) is 14.9. The van der Waals surface area contributed by atoms with Gasteiger partial charge in [-0.2, -0.15) is 0 Å². The van der Waals surface area contributed by atoms with Crippen LogP contribution in [0.15, 0.2) is 58.2 Å². The van der Waals surface area contributed by atoms with Crippen LogP contribution in [-0.2, 0) is 0 Å². The number of thioether (sulfide) groups is 1. The number of carbonyl (C=O) groups excluding carboxylic acids is 1. The summed E-state index contributed by atoms with van der Waals surface area (Å²) in [6.07, 6.45) is 0. The molecule has 5 nitrogen and oxygen atoms in total. The first-order valence-electron chi connectivity index (χ1n) is 7.60. The zero-order valence-corrected chi connectivity index (χ0v) is 16.1. The molecule has 3 rings (SSSR count). The van der Waals surface area contributed by atoms with Gasteiger partial charge in [-0.05, 0) is 37.3 Å². The zero-order valence-electron chi connectivity index (χ0n) is 13.7. The van der Waals surface area contributed by atoms with E-state index in [0.29, 0.717) is 16.5 Å². The van der Waals surface area contributed by atoms with Crippen LogP contribution in [0, 0.1) is 0 Å². The molecule has 1 N–H and O–H groups in total. The molecule has 1 heterocycles. The second kappa shape index (κ2) is 7.84. The van der Waals surface area contributed by atoms with E-state index < -0.39 is 0 Å². The van der Waals surface area contributed by atoms with Crippen LogP contribution in [0.4, 0.5) is 0 Å². The van der Waals surface area contributed by atoms with Crippen molar-refractivity contribution in [1.29, 1.82) is 0 Å². The molecule has 0 aliphatic rings. The summed E-state index contributed by atoms with van der Waals surface area (Å²) in [6.45, 7) is 1.85. The molecule has 1 aromatic heterocycles. The molecular weight excluding hydrogens is 402 g/mol. The third-order valence-electron chi connectivity index (χ3n) is 3.62. The van der Waals surface area contributed by atoms with E-state index in [-0.39, 0.29) is 11.0 Å². The van der Waals surface area contributed by atoms with Gasteiger partial charge in [0, 0.05) is 15.6 Å². The Hall–Kier alpha value is -2.12. The Morgan fingerprint density at radius 3 is 2.60 bits per heavy atom. The van der Waals surface area contributed by atoms with Gasteiger partial charge in [-0.3, -0.25) is 9.89 Å². The highest BCUT2D eigenvalue weighted by Gasteiger charge is 2.19. The molecule has 0 bridgehead atoms. The van der Waals surface area contributed by atoms with Gasteiger partial charge in [0.25, 0.3) is 0 Å². The van der Waals surface area contributed by atoms with Gasteiger partial charge in [0.2, 0.25) is 5.16 Å². The van der Waals surface area contributed by atoms with Gasteiger partial charge >= 0.3 is 0 Å². The number of rotatable bonds is 6. The minimum absolute atomic E-state index is 0.0277. The van der Waals surface area contributed by atoms with Crippen LogP contribution < -0.4 is 4.74 Å². The van der Waals surface area contributed by atoms with Crippen LogP contribution in [-0.4, -0.2) is 33.3 Å². The molecule has 0 aliphatic carbocycles. The number of ether oxygens (including phenoxy) is 1. The standard InChI is InChI=1S/C18H16BrN3O2S/c1-11(16(23)12-7-9-13(24-2)10-8-12)25-18-20-17(21-22-18)14-5-3-4-6-15(14)19/h3-11H,1-2H3,(H,20,21,22)/t11-/m1/s1. The number of hydrogen-bond donors (Lipinski definition) is 1. The average Bonchev–Trinajstić information content (AvgIpc) is 3.09. The van der Waals surface area contributed by atoms with E-state index in [1.165, 1.54) is 11.8 Å². The number of ketones is 1. The van der Waals surface area contributed by atoms with Crippen molar-refractivity contribution in [2.75, 3.05) is 7.11 Å². The Balaban J connectivity index is 1.71. The SMILES string of the molecule is COc1ccc(C(=O)[C@@H](C)Sc2n[nH]c(-c3ccccc3Br)n2)cc1. The molecule has 7 heteroatoms. The highest BCUT2D eigenvalue weighted by Crippen LogP contribution is 2.28. The van der Waals surface area contributed by atoms with Crippen molar-refractivity contribution in [3.05, 3.63) is 58.6 Å². The van der Waals surface area contributed by atoms with Crippen molar-refractivity contribution in [3.8, 4) is 17.1 Å². The monoisotopic (exact) mass is 417 g/mol. The average molecular weight is 418 g/mol. The first kappa shape index (κ1) is 17.7. The van der Waals surface area contributed by atoms with Crippen molar-refractivity contribution in [2.24, 2.45) is 0 Å². The topological polar surface area (TPSA) is 67.9 Å². The Morgan fingerprint density at radius 2 is 1.92 bits per heavy atom. The molecular formula is C18H16BrN3O2S. The normalized spacial score (nSPS) is 12.0. The molecule has 0 amide bonds. The molecule has 128 valence electrons. The number of nitrogens with zero attached hydrogens (tertiary/aromatic N) is 2. The lowest BCUT2D eigenvalue weighted by atomic mass is 10.1. The molecule has 1 atom stereocenters. The zero-order chi connectivity index (χ0) is 17.8. The first-order valence-corrected chi connectivity index (χ1v) is 9.28.